The van der Waals surface area contributed by atoms with Gasteiger partial charge in [0.15, 0.2) is 0 Å². The number of ether oxygens (including phenoxy) is 1. The Balaban J connectivity index is 1.58. The number of fused-ring (bicyclic) bond motifs is 1. The van der Waals surface area contributed by atoms with Gasteiger partial charge >= 0.3 is 0 Å². The molecule has 118 valence electrons. The highest BCUT2D eigenvalue weighted by atomic mass is 16.5. The Morgan fingerprint density at radius 1 is 1.23 bits per heavy atom. The predicted molar refractivity (Wildman–Crippen MR) is 84.8 cm³/mol. The fraction of sp³-hybridized carbons (Fsp3) is 0.611. The summed E-state index contributed by atoms with van der Waals surface area (Å²) in [6.45, 7) is 0.951. The number of para-hydroxylation sites is 1. The van der Waals surface area contributed by atoms with Crippen molar-refractivity contribution in [2.24, 2.45) is 0 Å². The summed E-state index contributed by atoms with van der Waals surface area (Å²) in [4.78, 5) is 12.5. The molecule has 2 aliphatic heterocycles. The second-order valence-electron chi connectivity index (χ2n) is 6.94. The molecule has 1 amide bonds. The molecule has 22 heavy (non-hydrogen) atoms. The first-order valence-corrected chi connectivity index (χ1v) is 8.58. The van der Waals surface area contributed by atoms with E-state index in [9.17, 15) is 4.79 Å². The monoisotopic (exact) mass is 300 g/mol. The van der Waals surface area contributed by atoms with Gasteiger partial charge in [0.1, 0.15) is 11.4 Å². The third kappa shape index (κ3) is 2.50. The second kappa shape index (κ2) is 5.58. The van der Waals surface area contributed by atoms with Crippen LogP contribution in [-0.4, -0.2) is 24.1 Å². The number of carbonyl (C=O) groups is 1. The van der Waals surface area contributed by atoms with Crippen LogP contribution < -0.4 is 15.4 Å². The van der Waals surface area contributed by atoms with E-state index in [4.69, 9.17) is 4.74 Å². The largest absolute Gasteiger partial charge is 0.487 e. The van der Waals surface area contributed by atoms with E-state index in [1.165, 1.54) is 12.8 Å². The van der Waals surface area contributed by atoms with E-state index >= 15 is 0 Å². The Morgan fingerprint density at radius 2 is 2.05 bits per heavy atom. The summed E-state index contributed by atoms with van der Waals surface area (Å²) in [5.74, 6) is 1.10. The molecule has 2 fully saturated rings. The molecular formula is C18H24N2O2. The molecule has 0 aromatic heterocycles. The van der Waals surface area contributed by atoms with E-state index < -0.39 is 0 Å². The van der Waals surface area contributed by atoms with Gasteiger partial charge in [-0.25, -0.2) is 0 Å². The van der Waals surface area contributed by atoms with Gasteiger partial charge in [0.25, 0.3) is 0 Å². The van der Waals surface area contributed by atoms with Gasteiger partial charge in [-0.15, -0.1) is 0 Å². The molecule has 2 atom stereocenters. The highest BCUT2D eigenvalue weighted by molar-refractivity contribution is 5.82. The number of benzene rings is 1. The molecular weight excluding hydrogens is 276 g/mol. The summed E-state index contributed by atoms with van der Waals surface area (Å²) in [7, 11) is 0. The molecule has 4 rings (SSSR count). The average Bonchev–Trinajstić information content (AvgIpc) is 3.19. The highest BCUT2D eigenvalue weighted by Crippen LogP contribution is 2.47. The van der Waals surface area contributed by atoms with Crippen molar-refractivity contribution >= 4 is 5.91 Å². The quantitative estimate of drug-likeness (QED) is 0.883. The lowest BCUT2D eigenvalue weighted by atomic mass is 9.85. The number of hydrogen-bond donors (Lipinski definition) is 2. The number of rotatable bonds is 2. The van der Waals surface area contributed by atoms with Gasteiger partial charge in [-0.1, -0.05) is 18.2 Å². The van der Waals surface area contributed by atoms with Crippen molar-refractivity contribution in [3.63, 3.8) is 0 Å². The minimum Gasteiger partial charge on any atom is -0.487 e. The molecule has 1 spiro atoms. The van der Waals surface area contributed by atoms with Crippen LogP contribution in [0.1, 0.15) is 56.6 Å². The molecule has 1 aromatic rings. The van der Waals surface area contributed by atoms with Crippen LogP contribution in [-0.2, 0) is 4.79 Å². The molecule has 2 N–H and O–H groups in total. The van der Waals surface area contributed by atoms with Crippen LogP contribution in [0.5, 0.6) is 5.75 Å². The van der Waals surface area contributed by atoms with E-state index in [0.29, 0.717) is 0 Å². The van der Waals surface area contributed by atoms with Gasteiger partial charge in [0, 0.05) is 12.0 Å². The van der Waals surface area contributed by atoms with E-state index in [1.54, 1.807) is 0 Å². The Kier molecular flexibility index (Phi) is 3.57. The summed E-state index contributed by atoms with van der Waals surface area (Å²) in [5.41, 5.74) is 1.07. The van der Waals surface area contributed by atoms with E-state index in [1.807, 2.05) is 18.2 Å². The standard InChI is InChI=1S/C18H24N2O2/c21-17(14-7-5-11-19-14)20-15-12-18(9-3-4-10-18)22-16-8-2-1-6-13(15)16/h1-2,6,8,14-15,19H,3-5,7,9-12H2,(H,20,21). The predicted octanol–water partition coefficient (Wildman–Crippen LogP) is 2.69. The van der Waals surface area contributed by atoms with E-state index in [0.717, 1.165) is 50.0 Å². The van der Waals surface area contributed by atoms with Crippen LogP contribution in [0.25, 0.3) is 0 Å². The number of amides is 1. The lowest BCUT2D eigenvalue weighted by molar-refractivity contribution is -0.124. The summed E-state index contributed by atoms with van der Waals surface area (Å²) >= 11 is 0. The van der Waals surface area contributed by atoms with Gasteiger partial charge in [-0.2, -0.15) is 0 Å². The van der Waals surface area contributed by atoms with Gasteiger partial charge < -0.3 is 15.4 Å². The highest BCUT2D eigenvalue weighted by Gasteiger charge is 2.43. The molecule has 0 radical (unpaired) electrons. The first kappa shape index (κ1) is 14.1. The molecule has 1 aliphatic carbocycles. The molecule has 1 saturated heterocycles. The lowest BCUT2D eigenvalue weighted by Gasteiger charge is -2.40. The summed E-state index contributed by atoms with van der Waals surface area (Å²) in [6.07, 6.45) is 7.61. The van der Waals surface area contributed by atoms with Crippen LogP contribution >= 0.6 is 0 Å². The van der Waals surface area contributed by atoms with Gasteiger partial charge in [-0.05, 0) is 51.1 Å². The smallest absolute Gasteiger partial charge is 0.237 e. The third-order valence-electron chi connectivity index (χ3n) is 5.41. The van der Waals surface area contributed by atoms with Crippen LogP contribution in [0, 0.1) is 0 Å². The molecule has 4 heteroatoms. The minimum absolute atomic E-state index is 0.0189. The molecule has 2 unspecified atom stereocenters. The maximum atomic E-state index is 12.5. The maximum absolute atomic E-state index is 12.5. The molecule has 0 bridgehead atoms. The SMILES string of the molecule is O=C(NC1CC2(CCCC2)Oc2ccccc21)C1CCCN1. The van der Waals surface area contributed by atoms with Crippen molar-refractivity contribution in [1.29, 1.82) is 0 Å². The average molecular weight is 300 g/mol. The van der Waals surface area contributed by atoms with Crippen molar-refractivity contribution in [2.75, 3.05) is 6.54 Å². The Bertz CT molecular complexity index is 560. The molecule has 3 aliphatic rings. The fourth-order valence-electron chi connectivity index (χ4n) is 4.25. The second-order valence-corrected chi connectivity index (χ2v) is 6.94. The van der Waals surface area contributed by atoms with Gasteiger partial charge in [0.05, 0.1) is 12.1 Å². The van der Waals surface area contributed by atoms with E-state index in [-0.39, 0.29) is 23.6 Å². The van der Waals surface area contributed by atoms with Crippen molar-refractivity contribution in [3.8, 4) is 5.75 Å². The zero-order chi connectivity index (χ0) is 15.0. The first-order chi connectivity index (χ1) is 10.8. The van der Waals surface area contributed by atoms with Crippen molar-refractivity contribution in [1.82, 2.24) is 10.6 Å². The maximum Gasteiger partial charge on any atom is 0.237 e. The minimum atomic E-state index is -0.0601. The van der Waals surface area contributed by atoms with E-state index in [2.05, 4.69) is 16.7 Å². The summed E-state index contributed by atoms with van der Waals surface area (Å²) in [5, 5.41) is 6.57. The lowest BCUT2D eigenvalue weighted by Crippen LogP contribution is -2.47. The Hall–Kier alpha value is -1.55. The first-order valence-electron chi connectivity index (χ1n) is 8.58. The van der Waals surface area contributed by atoms with Crippen LogP contribution in [0.15, 0.2) is 24.3 Å². The third-order valence-corrected chi connectivity index (χ3v) is 5.41. The van der Waals surface area contributed by atoms with Crippen molar-refractivity contribution < 1.29 is 9.53 Å². The Labute approximate surface area is 131 Å². The number of carbonyl (C=O) groups excluding carboxylic acids is 1. The molecule has 2 heterocycles. The Morgan fingerprint density at radius 3 is 2.82 bits per heavy atom. The summed E-state index contributed by atoms with van der Waals surface area (Å²) < 4.78 is 6.35. The molecule has 1 saturated carbocycles. The number of hydrogen-bond acceptors (Lipinski definition) is 3. The van der Waals surface area contributed by atoms with Gasteiger partial charge in [-0.3, -0.25) is 4.79 Å². The zero-order valence-corrected chi connectivity index (χ0v) is 12.9. The normalized spacial score (nSPS) is 29.1. The van der Waals surface area contributed by atoms with Crippen LogP contribution in [0.2, 0.25) is 0 Å². The fourth-order valence-corrected chi connectivity index (χ4v) is 4.25. The zero-order valence-electron chi connectivity index (χ0n) is 12.9. The van der Waals surface area contributed by atoms with Crippen molar-refractivity contribution in [3.05, 3.63) is 29.8 Å². The molecule has 4 nitrogen and oxygen atoms in total. The summed E-state index contributed by atoms with van der Waals surface area (Å²) in [6, 6.07) is 8.24. The van der Waals surface area contributed by atoms with Gasteiger partial charge in [0.2, 0.25) is 5.91 Å². The molecule has 1 aromatic carbocycles. The number of nitrogens with one attached hydrogen (secondary N) is 2. The van der Waals surface area contributed by atoms with Crippen LogP contribution in [0.3, 0.4) is 0 Å². The van der Waals surface area contributed by atoms with Crippen molar-refractivity contribution in [2.45, 2.75) is 62.6 Å². The van der Waals surface area contributed by atoms with Crippen LogP contribution in [0.4, 0.5) is 0 Å². The topological polar surface area (TPSA) is 50.4 Å².